The third-order valence-corrected chi connectivity index (χ3v) is 4.48. The van der Waals surface area contributed by atoms with Crippen molar-refractivity contribution in [2.75, 3.05) is 5.32 Å². The van der Waals surface area contributed by atoms with E-state index in [1.165, 1.54) is 5.56 Å². The van der Waals surface area contributed by atoms with E-state index in [2.05, 4.69) is 77.0 Å². The van der Waals surface area contributed by atoms with E-state index >= 15 is 0 Å². The molecule has 4 N–H and O–H groups in total. The number of aromatic amines is 1. The quantitative estimate of drug-likeness (QED) is 0.603. The maximum absolute atomic E-state index is 6.00. The minimum atomic E-state index is -0.175. The topological polar surface area (TPSA) is 70.1 Å². The molecule has 0 bridgehead atoms. The van der Waals surface area contributed by atoms with E-state index in [1.54, 1.807) is 0 Å². The van der Waals surface area contributed by atoms with E-state index in [1.807, 2.05) is 12.1 Å². The van der Waals surface area contributed by atoms with Crippen molar-refractivity contribution in [3.8, 4) is 0 Å². The van der Waals surface area contributed by atoms with Crippen LogP contribution in [0.4, 0.5) is 5.95 Å². The Hall–Kier alpha value is -2.82. The lowest BCUT2D eigenvalue weighted by Gasteiger charge is -2.21. The molecule has 1 aliphatic rings. The summed E-state index contributed by atoms with van der Waals surface area (Å²) in [5.41, 5.74) is 10.7. The fourth-order valence-electron chi connectivity index (χ4n) is 3.17. The number of guanidine groups is 1. The van der Waals surface area contributed by atoms with Crippen LogP contribution >= 0.6 is 0 Å². The fourth-order valence-corrected chi connectivity index (χ4v) is 3.17. The normalized spacial score (nSPS) is 17.3. The second-order valence-corrected chi connectivity index (χ2v) is 7.25. The molecule has 2 aromatic carbocycles. The SMILES string of the molecule is CC(C)(C)c1ccc([C@@H]2N=C(N)Nc3[nH]c4ccccc4[n+]32)cc1. The Bertz CT molecular complexity index is 929. The minimum absolute atomic E-state index is 0.133. The molecule has 5 nitrogen and oxygen atoms in total. The molecular formula is C19H22N5+. The molecule has 122 valence electrons. The molecule has 0 radical (unpaired) electrons. The van der Waals surface area contributed by atoms with E-state index < -0.39 is 0 Å². The number of fused-ring (bicyclic) bond motifs is 3. The van der Waals surface area contributed by atoms with Crippen molar-refractivity contribution >= 4 is 22.9 Å². The zero-order chi connectivity index (χ0) is 16.9. The first kappa shape index (κ1) is 14.8. The molecule has 0 amide bonds. The number of nitrogens with zero attached hydrogens (tertiary/aromatic N) is 2. The van der Waals surface area contributed by atoms with Gasteiger partial charge in [-0.15, -0.1) is 0 Å². The van der Waals surface area contributed by atoms with Gasteiger partial charge < -0.3 is 5.73 Å². The van der Waals surface area contributed by atoms with Crippen molar-refractivity contribution in [1.82, 2.24) is 4.98 Å². The molecule has 0 saturated heterocycles. The van der Waals surface area contributed by atoms with Crippen molar-refractivity contribution in [2.24, 2.45) is 10.7 Å². The molecule has 4 rings (SSSR count). The number of para-hydroxylation sites is 2. The molecule has 0 fully saturated rings. The monoisotopic (exact) mass is 320 g/mol. The van der Waals surface area contributed by atoms with Crippen molar-refractivity contribution in [1.29, 1.82) is 0 Å². The van der Waals surface area contributed by atoms with Gasteiger partial charge in [0, 0.05) is 5.56 Å². The summed E-state index contributed by atoms with van der Waals surface area (Å²) in [6, 6.07) is 16.8. The van der Waals surface area contributed by atoms with E-state index in [4.69, 9.17) is 5.73 Å². The van der Waals surface area contributed by atoms with E-state index in [0.717, 1.165) is 22.5 Å². The lowest BCUT2D eigenvalue weighted by Crippen LogP contribution is -2.48. The number of imidazole rings is 1. The molecule has 1 aromatic heterocycles. The zero-order valence-electron chi connectivity index (χ0n) is 14.2. The van der Waals surface area contributed by atoms with Crippen LogP contribution < -0.4 is 15.6 Å². The van der Waals surface area contributed by atoms with Crippen LogP contribution in [0.2, 0.25) is 0 Å². The number of nitrogens with two attached hydrogens (primary N) is 1. The molecule has 0 unspecified atom stereocenters. The highest BCUT2D eigenvalue weighted by atomic mass is 15.4. The van der Waals surface area contributed by atoms with Crippen LogP contribution in [0.1, 0.15) is 38.1 Å². The third-order valence-electron chi connectivity index (χ3n) is 4.48. The number of aromatic nitrogens is 2. The summed E-state index contributed by atoms with van der Waals surface area (Å²) in [5, 5.41) is 3.12. The average molecular weight is 320 g/mol. The Morgan fingerprint density at radius 3 is 2.46 bits per heavy atom. The summed E-state index contributed by atoms with van der Waals surface area (Å²) in [5.74, 6) is 1.28. The molecular weight excluding hydrogens is 298 g/mol. The van der Waals surface area contributed by atoms with Crippen LogP contribution in [0, 0.1) is 0 Å². The highest BCUT2D eigenvalue weighted by molar-refractivity contribution is 5.92. The number of nitrogens with one attached hydrogen (secondary N) is 2. The molecule has 24 heavy (non-hydrogen) atoms. The molecule has 1 aliphatic heterocycles. The van der Waals surface area contributed by atoms with Gasteiger partial charge in [-0.25, -0.2) is 14.9 Å². The van der Waals surface area contributed by atoms with Crippen molar-refractivity contribution in [3.05, 3.63) is 59.7 Å². The Kier molecular flexibility index (Phi) is 3.13. The zero-order valence-corrected chi connectivity index (χ0v) is 14.2. The Morgan fingerprint density at radius 2 is 1.75 bits per heavy atom. The largest absolute Gasteiger partial charge is 0.365 e. The van der Waals surface area contributed by atoms with Gasteiger partial charge in [-0.2, -0.15) is 4.99 Å². The van der Waals surface area contributed by atoms with Gasteiger partial charge in [0.05, 0.1) is 0 Å². The number of anilines is 1. The summed E-state index contributed by atoms with van der Waals surface area (Å²) < 4.78 is 2.15. The highest BCUT2D eigenvalue weighted by Gasteiger charge is 2.31. The van der Waals surface area contributed by atoms with Crippen molar-refractivity contribution < 1.29 is 4.57 Å². The van der Waals surface area contributed by atoms with Gasteiger partial charge in [-0.1, -0.05) is 57.2 Å². The smallest absolute Gasteiger partial charge is 0.357 e. The van der Waals surface area contributed by atoms with Gasteiger partial charge in [0.25, 0.3) is 5.96 Å². The molecule has 0 saturated carbocycles. The lowest BCUT2D eigenvalue weighted by atomic mass is 9.86. The van der Waals surface area contributed by atoms with Gasteiger partial charge >= 0.3 is 5.95 Å². The van der Waals surface area contributed by atoms with Crippen molar-refractivity contribution in [3.63, 3.8) is 0 Å². The van der Waals surface area contributed by atoms with Gasteiger partial charge in [-0.05, 0) is 23.1 Å². The summed E-state index contributed by atoms with van der Waals surface area (Å²) >= 11 is 0. The van der Waals surface area contributed by atoms with E-state index in [9.17, 15) is 0 Å². The molecule has 5 heteroatoms. The van der Waals surface area contributed by atoms with Crippen LogP contribution in [-0.2, 0) is 5.41 Å². The number of hydrogen-bond donors (Lipinski definition) is 3. The Balaban J connectivity index is 1.85. The summed E-state index contributed by atoms with van der Waals surface area (Å²) in [7, 11) is 0. The Labute approximate surface area is 141 Å². The average Bonchev–Trinajstić information content (AvgIpc) is 2.91. The first-order valence-corrected chi connectivity index (χ1v) is 8.16. The molecule has 3 aromatic rings. The second kappa shape index (κ2) is 5.09. The summed E-state index contributed by atoms with van der Waals surface area (Å²) in [6.45, 7) is 6.65. The maximum atomic E-state index is 6.00. The van der Waals surface area contributed by atoms with Crippen LogP contribution in [0.5, 0.6) is 0 Å². The van der Waals surface area contributed by atoms with Crippen LogP contribution in [0.3, 0.4) is 0 Å². The van der Waals surface area contributed by atoms with Crippen LogP contribution in [0.15, 0.2) is 53.5 Å². The van der Waals surface area contributed by atoms with Gasteiger partial charge in [-0.3, -0.25) is 0 Å². The second-order valence-electron chi connectivity index (χ2n) is 7.25. The predicted octanol–water partition coefficient (Wildman–Crippen LogP) is 3.04. The summed E-state index contributed by atoms with van der Waals surface area (Å²) in [4.78, 5) is 8.01. The first-order valence-electron chi connectivity index (χ1n) is 8.16. The Morgan fingerprint density at radius 1 is 1.04 bits per heavy atom. The first-order chi connectivity index (χ1) is 11.4. The van der Waals surface area contributed by atoms with Gasteiger partial charge in [0.1, 0.15) is 11.0 Å². The van der Waals surface area contributed by atoms with E-state index in [0.29, 0.717) is 5.96 Å². The highest BCUT2D eigenvalue weighted by Crippen LogP contribution is 2.27. The fraction of sp³-hybridized carbons (Fsp3) is 0.263. The number of aliphatic imine (C=N–C) groups is 1. The van der Waals surface area contributed by atoms with Crippen LogP contribution in [0.25, 0.3) is 11.0 Å². The number of hydrogen-bond acceptors (Lipinski definition) is 3. The number of rotatable bonds is 1. The van der Waals surface area contributed by atoms with Gasteiger partial charge in [0.15, 0.2) is 0 Å². The standard InChI is InChI=1S/C19H21N5/c1-19(2,3)13-10-8-12(9-11-13)16-22-17(20)23-18-21-14-6-4-5-7-15(14)24(16)18/h4-11,16H,1-3H3,(H3,20,21,22,23)/p+1/t16-/m1/s1. The lowest BCUT2D eigenvalue weighted by molar-refractivity contribution is -0.674. The maximum Gasteiger partial charge on any atom is 0.365 e. The minimum Gasteiger partial charge on any atom is -0.357 e. The van der Waals surface area contributed by atoms with Crippen LogP contribution in [-0.4, -0.2) is 10.9 Å². The molecule has 2 heterocycles. The molecule has 1 atom stereocenters. The molecule has 0 spiro atoms. The van der Waals surface area contributed by atoms with Gasteiger partial charge in [0.2, 0.25) is 6.17 Å². The summed E-state index contributed by atoms with van der Waals surface area (Å²) in [6.07, 6.45) is -0.175. The predicted molar refractivity (Wildman–Crippen MR) is 97.0 cm³/mol. The number of H-pyrrole nitrogens is 1. The molecule has 0 aliphatic carbocycles. The number of benzene rings is 2. The van der Waals surface area contributed by atoms with Crippen molar-refractivity contribution in [2.45, 2.75) is 32.4 Å². The third kappa shape index (κ3) is 2.33. The van der Waals surface area contributed by atoms with E-state index in [-0.39, 0.29) is 11.6 Å².